The Kier molecular flexibility index (Phi) is 5.93. The predicted octanol–water partition coefficient (Wildman–Crippen LogP) is 4.07. The number of benzene rings is 1. The molecular formula is C21H18F3N7O. The standard InChI is InChI=1S/C21H18F3N7O/c1-13(16-8-15(22)2-3-18(16)32-12-19(23)24)28-20-4-6-31-21(29-20)17(10-27-31)14-9-26-30(11-14)7-5-25/h2-4,6,8-11,13,19H,7,12H2,1H3,(H,28,29)/t13-/m1/s1. The van der Waals surface area contributed by atoms with E-state index < -0.39 is 24.9 Å². The molecule has 0 saturated carbocycles. The number of halogens is 3. The summed E-state index contributed by atoms with van der Waals surface area (Å²) in [5, 5.41) is 20.4. The lowest BCUT2D eigenvalue weighted by atomic mass is 10.1. The van der Waals surface area contributed by atoms with Crippen molar-refractivity contribution in [2.24, 2.45) is 0 Å². The first-order valence-electron chi connectivity index (χ1n) is 9.65. The van der Waals surface area contributed by atoms with Crippen LogP contribution in [0.2, 0.25) is 0 Å². The zero-order valence-electron chi connectivity index (χ0n) is 16.9. The lowest BCUT2D eigenvalue weighted by Gasteiger charge is -2.19. The Morgan fingerprint density at radius 2 is 2.06 bits per heavy atom. The maximum absolute atomic E-state index is 13.8. The monoisotopic (exact) mass is 441 g/mol. The summed E-state index contributed by atoms with van der Waals surface area (Å²) in [5.41, 5.74) is 2.41. The molecule has 4 aromatic rings. The molecule has 3 heterocycles. The van der Waals surface area contributed by atoms with Crippen LogP contribution in [0.5, 0.6) is 5.75 Å². The average Bonchev–Trinajstić information content (AvgIpc) is 3.39. The van der Waals surface area contributed by atoms with Crippen LogP contribution in [0.3, 0.4) is 0 Å². The minimum atomic E-state index is -2.64. The highest BCUT2D eigenvalue weighted by Crippen LogP contribution is 2.30. The molecule has 8 nitrogen and oxygen atoms in total. The largest absolute Gasteiger partial charge is 0.487 e. The molecule has 0 aliphatic carbocycles. The molecule has 0 radical (unpaired) electrons. The molecule has 32 heavy (non-hydrogen) atoms. The van der Waals surface area contributed by atoms with E-state index in [9.17, 15) is 13.2 Å². The first-order valence-corrected chi connectivity index (χ1v) is 9.65. The van der Waals surface area contributed by atoms with Crippen LogP contribution >= 0.6 is 0 Å². The van der Waals surface area contributed by atoms with Gasteiger partial charge in [-0.15, -0.1) is 0 Å². The van der Waals surface area contributed by atoms with E-state index in [0.29, 0.717) is 17.0 Å². The summed E-state index contributed by atoms with van der Waals surface area (Å²) >= 11 is 0. The van der Waals surface area contributed by atoms with Gasteiger partial charge in [-0.1, -0.05) is 0 Å². The molecule has 0 aliphatic heterocycles. The van der Waals surface area contributed by atoms with Gasteiger partial charge in [0.25, 0.3) is 6.43 Å². The van der Waals surface area contributed by atoms with E-state index in [4.69, 9.17) is 10.00 Å². The highest BCUT2D eigenvalue weighted by Gasteiger charge is 2.17. The summed E-state index contributed by atoms with van der Waals surface area (Å²) in [6, 6.07) is 6.96. The molecule has 0 aliphatic rings. The molecule has 1 aromatic carbocycles. The normalized spacial score (nSPS) is 12.1. The van der Waals surface area contributed by atoms with Crippen LogP contribution in [0.15, 0.2) is 49.1 Å². The number of alkyl halides is 2. The fourth-order valence-electron chi connectivity index (χ4n) is 3.26. The van der Waals surface area contributed by atoms with Crippen molar-refractivity contribution >= 4 is 11.5 Å². The Morgan fingerprint density at radius 1 is 1.22 bits per heavy atom. The van der Waals surface area contributed by atoms with Gasteiger partial charge in [0.05, 0.1) is 24.5 Å². The number of nitrogens with one attached hydrogen (secondary N) is 1. The Hall–Kier alpha value is -4.07. The Bertz CT molecular complexity index is 1280. The third-order valence-electron chi connectivity index (χ3n) is 4.71. The molecule has 4 rings (SSSR count). The number of hydrogen-bond acceptors (Lipinski definition) is 6. The molecule has 0 saturated heterocycles. The van der Waals surface area contributed by atoms with Crippen molar-refractivity contribution in [3.8, 4) is 22.9 Å². The van der Waals surface area contributed by atoms with Gasteiger partial charge in [0.2, 0.25) is 0 Å². The number of ether oxygens (including phenoxy) is 1. The van der Waals surface area contributed by atoms with E-state index >= 15 is 0 Å². The molecule has 11 heteroatoms. The molecule has 3 aromatic heterocycles. The zero-order valence-corrected chi connectivity index (χ0v) is 16.9. The zero-order chi connectivity index (χ0) is 22.7. The van der Waals surface area contributed by atoms with Gasteiger partial charge in [-0.3, -0.25) is 4.68 Å². The number of hydrogen-bond donors (Lipinski definition) is 1. The SMILES string of the molecule is C[C@@H](Nc1ccn2ncc(-c3cnn(CC#N)c3)c2n1)c1cc(F)ccc1OCC(F)F. The van der Waals surface area contributed by atoms with Crippen LogP contribution in [-0.2, 0) is 6.54 Å². The van der Waals surface area contributed by atoms with Crippen molar-refractivity contribution in [1.29, 1.82) is 5.26 Å². The second-order valence-electron chi connectivity index (χ2n) is 6.97. The maximum atomic E-state index is 13.8. The van der Waals surface area contributed by atoms with Crippen molar-refractivity contribution in [1.82, 2.24) is 24.4 Å². The summed E-state index contributed by atoms with van der Waals surface area (Å²) in [6.07, 6.45) is 4.06. The smallest absolute Gasteiger partial charge is 0.272 e. The summed E-state index contributed by atoms with van der Waals surface area (Å²) in [4.78, 5) is 4.59. The van der Waals surface area contributed by atoms with E-state index in [1.165, 1.54) is 16.8 Å². The minimum Gasteiger partial charge on any atom is -0.487 e. The molecule has 1 N–H and O–H groups in total. The number of nitriles is 1. The third-order valence-corrected chi connectivity index (χ3v) is 4.71. The van der Waals surface area contributed by atoms with E-state index in [-0.39, 0.29) is 12.3 Å². The molecule has 164 valence electrons. The molecule has 0 bridgehead atoms. The fourth-order valence-corrected chi connectivity index (χ4v) is 3.26. The highest BCUT2D eigenvalue weighted by atomic mass is 19.3. The molecule has 1 atom stereocenters. The van der Waals surface area contributed by atoms with Crippen LogP contribution in [0.1, 0.15) is 18.5 Å². The summed E-state index contributed by atoms with van der Waals surface area (Å²) in [7, 11) is 0. The van der Waals surface area contributed by atoms with E-state index in [2.05, 4.69) is 20.5 Å². The molecular weight excluding hydrogens is 423 g/mol. The van der Waals surface area contributed by atoms with Crippen LogP contribution in [0, 0.1) is 17.1 Å². The van der Waals surface area contributed by atoms with Crippen LogP contribution < -0.4 is 10.1 Å². The minimum absolute atomic E-state index is 0.126. The van der Waals surface area contributed by atoms with Crippen LogP contribution in [-0.4, -0.2) is 37.4 Å². The molecule has 0 fully saturated rings. The Morgan fingerprint density at radius 3 is 2.84 bits per heavy atom. The van der Waals surface area contributed by atoms with Gasteiger partial charge in [-0.05, 0) is 31.2 Å². The quantitative estimate of drug-likeness (QED) is 0.443. The van der Waals surface area contributed by atoms with Crippen LogP contribution in [0.25, 0.3) is 16.8 Å². The fraction of sp³-hybridized carbons (Fsp3) is 0.238. The maximum Gasteiger partial charge on any atom is 0.272 e. The molecule has 0 amide bonds. The predicted molar refractivity (Wildman–Crippen MR) is 110 cm³/mol. The van der Waals surface area contributed by atoms with Gasteiger partial charge in [0.15, 0.2) is 5.65 Å². The summed E-state index contributed by atoms with van der Waals surface area (Å²) in [5.74, 6) is 0.136. The van der Waals surface area contributed by atoms with Crippen molar-refractivity contribution in [2.75, 3.05) is 11.9 Å². The van der Waals surface area contributed by atoms with Gasteiger partial charge < -0.3 is 10.1 Å². The first-order chi connectivity index (χ1) is 15.4. The Labute approximate surface area is 180 Å². The van der Waals surface area contributed by atoms with E-state index in [0.717, 1.165) is 17.2 Å². The second kappa shape index (κ2) is 8.97. The van der Waals surface area contributed by atoms with E-state index in [1.54, 1.807) is 42.3 Å². The lowest BCUT2D eigenvalue weighted by molar-refractivity contribution is 0.0813. The number of nitrogens with zero attached hydrogens (tertiary/aromatic N) is 6. The summed E-state index contributed by atoms with van der Waals surface area (Å²) < 4.78 is 47.2. The van der Waals surface area contributed by atoms with Gasteiger partial charge in [0, 0.05) is 29.1 Å². The van der Waals surface area contributed by atoms with Crippen molar-refractivity contribution in [2.45, 2.75) is 25.9 Å². The van der Waals surface area contributed by atoms with Crippen molar-refractivity contribution < 1.29 is 17.9 Å². The van der Waals surface area contributed by atoms with Gasteiger partial charge in [-0.25, -0.2) is 22.7 Å². The number of anilines is 1. The molecule has 0 unspecified atom stereocenters. The van der Waals surface area contributed by atoms with Gasteiger partial charge in [0.1, 0.15) is 30.5 Å². The second-order valence-corrected chi connectivity index (χ2v) is 6.97. The van der Waals surface area contributed by atoms with Gasteiger partial charge >= 0.3 is 0 Å². The van der Waals surface area contributed by atoms with Gasteiger partial charge in [-0.2, -0.15) is 15.5 Å². The summed E-state index contributed by atoms with van der Waals surface area (Å²) in [6.45, 7) is 1.09. The van der Waals surface area contributed by atoms with E-state index in [1.807, 2.05) is 6.07 Å². The Balaban J connectivity index is 1.61. The number of aromatic nitrogens is 5. The van der Waals surface area contributed by atoms with Crippen LogP contribution in [0.4, 0.5) is 19.0 Å². The topological polar surface area (TPSA) is 93.1 Å². The molecule has 0 spiro atoms. The van der Waals surface area contributed by atoms with Crippen molar-refractivity contribution in [3.05, 3.63) is 60.4 Å². The number of rotatable bonds is 8. The average molecular weight is 441 g/mol. The lowest BCUT2D eigenvalue weighted by Crippen LogP contribution is -2.13. The van der Waals surface area contributed by atoms with Crippen molar-refractivity contribution in [3.63, 3.8) is 0 Å². The third kappa shape index (κ3) is 4.49. The number of fused-ring (bicyclic) bond motifs is 1. The highest BCUT2D eigenvalue weighted by molar-refractivity contribution is 5.76. The first kappa shape index (κ1) is 21.2.